The molecule has 0 spiro atoms. The number of alkyl halides is 6. The van der Waals surface area contributed by atoms with Gasteiger partial charge in [0.15, 0.2) is 0 Å². The number of carboxylic acid groups (broad SMARTS) is 1. The van der Waals surface area contributed by atoms with Gasteiger partial charge in [0.2, 0.25) is 0 Å². The maximum atomic E-state index is 13.1. The maximum Gasteiger partial charge on any atom is 0.416 e. The third-order valence-corrected chi connectivity index (χ3v) is 8.14. The van der Waals surface area contributed by atoms with Gasteiger partial charge < -0.3 is 9.84 Å². The van der Waals surface area contributed by atoms with Crippen molar-refractivity contribution in [3.05, 3.63) is 105 Å². The van der Waals surface area contributed by atoms with Crippen LogP contribution in [0.5, 0.6) is 5.75 Å². The Labute approximate surface area is 247 Å². The highest BCUT2D eigenvalue weighted by Crippen LogP contribution is 2.37. The molecule has 1 fully saturated rings. The Bertz CT molecular complexity index is 1540. The average molecular weight is 621 g/mol. The molecule has 0 bridgehead atoms. The van der Waals surface area contributed by atoms with E-state index in [1.807, 2.05) is 11.4 Å². The average Bonchev–Trinajstić information content (AvgIpc) is 3.44. The molecule has 0 amide bonds. The van der Waals surface area contributed by atoms with Gasteiger partial charge in [-0.2, -0.15) is 26.3 Å². The summed E-state index contributed by atoms with van der Waals surface area (Å²) in [6, 6.07) is 15.2. The summed E-state index contributed by atoms with van der Waals surface area (Å²) in [5, 5.41) is 12.1. The second kappa shape index (κ2) is 12.4. The van der Waals surface area contributed by atoms with E-state index in [1.54, 1.807) is 42.5 Å². The molecule has 43 heavy (non-hydrogen) atoms. The lowest BCUT2D eigenvalue weighted by molar-refractivity contribution is -0.143. The highest BCUT2D eigenvalue weighted by Gasteiger charge is 2.37. The number of ether oxygens (including phenoxy) is 1. The van der Waals surface area contributed by atoms with Gasteiger partial charge in [-0.3, -0.25) is 4.90 Å². The van der Waals surface area contributed by atoms with E-state index in [-0.39, 0.29) is 11.6 Å². The highest BCUT2D eigenvalue weighted by atomic mass is 32.1. The monoisotopic (exact) mass is 620 g/mol. The number of thiazole rings is 1. The number of halogens is 6. The number of nitrogens with zero attached hydrogens (tertiary/aromatic N) is 2. The Hall–Kier alpha value is -3.90. The van der Waals surface area contributed by atoms with Crippen LogP contribution in [-0.2, 0) is 25.5 Å². The molecule has 1 aliphatic heterocycles. The summed E-state index contributed by atoms with van der Waals surface area (Å²) >= 11 is 1.53. The fraction of sp³-hybridized carbons (Fsp3) is 0.290. The molecular weight excluding hydrogens is 594 g/mol. The molecule has 0 unspecified atom stereocenters. The number of hydrogen-bond acceptors (Lipinski definition) is 5. The molecule has 0 saturated carbocycles. The predicted octanol–water partition coefficient (Wildman–Crippen LogP) is 8.50. The number of carboxylic acids is 1. The number of likely N-dealkylation sites (tertiary alicyclic amines) is 1. The van der Waals surface area contributed by atoms with Crippen LogP contribution in [0.25, 0.3) is 11.3 Å². The minimum Gasteiger partial charge on any atom is -0.489 e. The van der Waals surface area contributed by atoms with Gasteiger partial charge in [0.1, 0.15) is 17.4 Å². The normalized spacial score (nSPS) is 15.0. The van der Waals surface area contributed by atoms with Crippen molar-refractivity contribution in [3.8, 4) is 17.0 Å². The van der Waals surface area contributed by atoms with Crippen molar-refractivity contribution in [1.82, 2.24) is 9.88 Å². The fourth-order valence-electron chi connectivity index (χ4n) is 5.05. The van der Waals surface area contributed by atoms with E-state index < -0.39 is 36.1 Å². The Balaban J connectivity index is 1.16. The molecule has 3 aromatic carbocycles. The number of rotatable bonds is 8. The molecule has 5 rings (SSSR count). The Morgan fingerprint density at radius 1 is 0.930 bits per heavy atom. The second-order valence-electron chi connectivity index (χ2n) is 10.3. The minimum absolute atomic E-state index is 0.0887. The van der Waals surface area contributed by atoms with Gasteiger partial charge in [0.05, 0.1) is 28.9 Å². The van der Waals surface area contributed by atoms with Gasteiger partial charge in [-0.1, -0.05) is 12.1 Å². The van der Waals surface area contributed by atoms with Crippen LogP contribution in [0.2, 0.25) is 0 Å². The summed E-state index contributed by atoms with van der Waals surface area (Å²) in [6.07, 6.45) is -8.01. The first-order valence-electron chi connectivity index (χ1n) is 13.4. The zero-order valence-corrected chi connectivity index (χ0v) is 23.4. The molecule has 4 aromatic rings. The number of piperidine rings is 1. The van der Waals surface area contributed by atoms with Crippen molar-refractivity contribution in [2.45, 2.75) is 44.3 Å². The van der Waals surface area contributed by atoms with Crippen LogP contribution in [0.15, 0.2) is 72.1 Å². The maximum absolute atomic E-state index is 13.1. The number of benzene rings is 3. The molecule has 1 N–H and O–H groups in total. The van der Waals surface area contributed by atoms with Crippen LogP contribution in [0, 0.1) is 0 Å². The molecule has 0 atom stereocenters. The molecule has 226 valence electrons. The first-order chi connectivity index (χ1) is 20.3. The van der Waals surface area contributed by atoms with Gasteiger partial charge in [-0.15, -0.1) is 11.3 Å². The van der Waals surface area contributed by atoms with Crippen molar-refractivity contribution in [2.24, 2.45) is 0 Å². The van der Waals surface area contributed by atoms with Crippen LogP contribution in [-0.4, -0.2) is 34.0 Å². The summed E-state index contributed by atoms with van der Waals surface area (Å²) in [4.78, 5) is 18.3. The molecule has 2 heterocycles. The Morgan fingerprint density at radius 2 is 1.58 bits per heavy atom. The minimum atomic E-state index is -4.92. The first kappa shape index (κ1) is 30.6. The second-order valence-corrected chi connectivity index (χ2v) is 11.3. The third-order valence-electron chi connectivity index (χ3n) is 7.31. The molecule has 0 aliphatic carbocycles. The highest BCUT2D eigenvalue weighted by molar-refractivity contribution is 7.09. The van der Waals surface area contributed by atoms with Crippen LogP contribution < -0.4 is 4.74 Å². The summed E-state index contributed by atoms with van der Waals surface area (Å²) in [5.41, 5.74) is -0.122. The molecule has 12 heteroatoms. The van der Waals surface area contributed by atoms with Crippen molar-refractivity contribution in [3.63, 3.8) is 0 Å². The van der Waals surface area contributed by atoms with E-state index in [0.29, 0.717) is 35.9 Å². The van der Waals surface area contributed by atoms with Gasteiger partial charge in [0.25, 0.3) is 0 Å². The van der Waals surface area contributed by atoms with Gasteiger partial charge >= 0.3 is 18.3 Å². The molecule has 1 saturated heterocycles. The SMILES string of the molecule is O=C(O)c1cccc(C2CCN(Cc3nc(-c4ccc(OCc5cc(C(F)(F)F)cc(C(F)(F)F)c5)cc4)cs3)CC2)c1. The van der Waals surface area contributed by atoms with Crippen LogP contribution in [0.3, 0.4) is 0 Å². The van der Waals surface area contributed by atoms with E-state index >= 15 is 0 Å². The zero-order chi connectivity index (χ0) is 30.8. The Morgan fingerprint density at radius 3 is 2.19 bits per heavy atom. The van der Waals surface area contributed by atoms with E-state index in [1.165, 1.54) is 11.3 Å². The lowest BCUT2D eigenvalue weighted by atomic mass is 9.88. The summed E-state index contributed by atoms with van der Waals surface area (Å²) in [6.45, 7) is 1.94. The van der Waals surface area contributed by atoms with Crippen LogP contribution in [0.1, 0.15) is 56.4 Å². The van der Waals surface area contributed by atoms with Crippen LogP contribution in [0.4, 0.5) is 26.3 Å². The van der Waals surface area contributed by atoms with Crippen molar-refractivity contribution in [2.75, 3.05) is 13.1 Å². The Kier molecular flexibility index (Phi) is 8.79. The lowest BCUT2D eigenvalue weighted by Gasteiger charge is -2.31. The number of hydrogen-bond donors (Lipinski definition) is 1. The van der Waals surface area contributed by atoms with Gasteiger partial charge in [-0.05, 0) is 97.6 Å². The van der Waals surface area contributed by atoms with E-state index in [2.05, 4.69) is 4.90 Å². The molecule has 0 radical (unpaired) electrons. The van der Waals surface area contributed by atoms with E-state index in [0.717, 1.165) is 47.8 Å². The van der Waals surface area contributed by atoms with Crippen molar-refractivity contribution < 1.29 is 41.0 Å². The first-order valence-corrected chi connectivity index (χ1v) is 14.2. The topological polar surface area (TPSA) is 62.7 Å². The summed E-state index contributed by atoms with van der Waals surface area (Å²) < 4.78 is 84.2. The number of carbonyl (C=O) groups is 1. The van der Waals surface area contributed by atoms with Gasteiger partial charge in [-0.25, -0.2) is 9.78 Å². The van der Waals surface area contributed by atoms with Crippen LogP contribution >= 0.6 is 11.3 Å². The number of aromatic nitrogens is 1. The summed E-state index contributed by atoms with van der Waals surface area (Å²) in [7, 11) is 0. The quantitative estimate of drug-likeness (QED) is 0.200. The van der Waals surface area contributed by atoms with Crippen molar-refractivity contribution in [1.29, 1.82) is 0 Å². The molecule has 1 aliphatic rings. The zero-order valence-electron chi connectivity index (χ0n) is 22.6. The molecular formula is C31H26F6N2O3S. The van der Waals surface area contributed by atoms with Crippen molar-refractivity contribution >= 4 is 17.3 Å². The molecule has 1 aromatic heterocycles. The van der Waals surface area contributed by atoms with Gasteiger partial charge in [0, 0.05) is 10.9 Å². The van der Waals surface area contributed by atoms with E-state index in [4.69, 9.17) is 9.72 Å². The van der Waals surface area contributed by atoms with E-state index in [9.17, 15) is 36.2 Å². The third kappa shape index (κ3) is 7.74. The largest absolute Gasteiger partial charge is 0.489 e. The lowest BCUT2D eigenvalue weighted by Crippen LogP contribution is -2.32. The fourth-order valence-corrected chi connectivity index (χ4v) is 5.89. The molecule has 5 nitrogen and oxygen atoms in total. The predicted molar refractivity (Wildman–Crippen MR) is 149 cm³/mol. The number of aromatic carboxylic acids is 1. The smallest absolute Gasteiger partial charge is 0.416 e. The summed E-state index contributed by atoms with van der Waals surface area (Å²) in [5.74, 6) is -0.329. The standard InChI is InChI=1S/C31H26F6N2O3S/c32-30(33,34)24-12-19(13-25(15-24)31(35,36)37)17-42-26-6-4-21(5-7-26)27-18-43-28(38-27)16-39-10-8-20(9-11-39)22-2-1-3-23(14-22)29(40)41/h1-7,12-15,18,20H,8-11,16-17H2,(H,40,41).